The van der Waals surface area contributed by atoms with Crippen molar-refractivity contribution in [3.8, 4) is 11.5 Å². The predicted octanol–water partition coefficient (Wildman–Crippen LogP) is 1.54. The van der Waals surface area contributed by atoms with E-state index < -0.39 is 0 Å². The van der Waals surface area contributed by atoms with Crippen molar-refractivity contribution in [1.29, 1.82) is 0 Å². The van der Waals surface area contributed by atoms with E-state index in [4.69, 9.17) is 19.9 Å². The van der Waals surface area contributed by atoms with Crippen molar-refractivity contribution in [2.24, 2.45) is 10.7 Å². The minimum absolute atomic E-state index is 0.0109. The molecule has 0 radical (unpaired) electrons. The summed E-state index contributed by atoms with van der Waals surface area (Å²) in [6, 6.07) is 5.49. The Morgan fingerprint density at radius 3 is 2.58 bits per heavy atom. The van der Waals surface area contributed by atoms with Gasteiger partial charge in [0.05, 0.1) is 26.5 Å². The van der Waals surface area contributed by atoms with Gasteiger partial charge >= 0.3 is 0 Å². The number of nitrogens with one attached hydrogen (secondary N) is 1. The summed E-state index contributed by atoms with van der Waals surface area (Å²) in [7, 11) is 7.39. The highest BCUT2D eigenvalue weighted by molar-refractivity contribution is 5.94. The van der Waals surface area contributed by atoms with Crippen molar-refractivity contribution in [3.05, 3.63) is 18.2 Å². The van der Waals surface area contributed by atoms with E-state index in [9.17, 15) is 0 Å². The molecule has 1 aliphatic heterocycles. The molecule has 1 aliphatic rings. The molecule has 0 amide bonds. The van der Waals surface area contributed by atoms with Crippen LogP contribution in [0.25, 0.3) is 0 Å². The SMILES string of the molecule is COc1ccc(OC)c(NC(N)=NCC2(N(C)C)CCOCC2)c1. The first kappa shape index (κ1) is 18.4. The van der Waals surface area contributed by atoms with Crippen LogP contribution >= 0.6 is 0 Å². The van der Waals surface area contributed by atoms with Crippen LogP contribution in [0, 0.1) is 0 Å². The molecule has 0 atom stereocenters. The number of ether oxygens (including phenoxy) is 3. The molecule has 2 rings (SSSR count). The minimum Gasteiger partial charge on any atom is -0.497 e. The van der Waals surface area contributed by atoms with Crippen molar-refractivity contribution in [3.63, 3.8) is 0 Å². The molecule has 1 aromatic rings. The largest absolute Gasteiger partial charge is 0.497 e. The van der Waals surface area contributed by atoms with Gasteiger partial charge in [-0.15, -0.1) is 0 Å². The fourth-order valence-corrected chi connectivity index (χ4v) is 2.82. The number of rotatable bonds is 6. The molecule has 1 fully saturated rings. The Morgan fingerprint density at radius 1 is 1.29 bits per heavy atom. The number of nitrogens with zero attached hydrogens (tertiary/aromatic N) is 2. The number of aliphatic imine (C=N–C) groups is 1. The van der Waals surface area contributed by atoms with E-state index in [1.54, 1.807) is 14.2 Å². The van der Waals surface area contributed by atoms with Gasteiger partial charge in [-0.1, -0.05) is 0 Å². The van der Waals surface area contributed by atoms with Gasteiger partial charge in [-0.3, -0.25) is 4.99 Å². The number of nitrogens with two attached hydrogens (primary N) is 1. The molecule has 0 unspecified atom stereocenters. The monoisotopic (exact) mass is 336 g/mol. The van der Waals surface area contributed by atoms with Crippen LogP contribution in [0.2, 0.25) is 0 Å². The maximum Gasteiger partial charge on any atom is 0.193 e. The third kappa shape index (κ3) is 4.30. The summed E-state index contributed by atoms with van der Waals surface area (Å²) >= 11 is 0. The highest BCUT2D eigenvalue weighted by Crippen LogP contribution is 2.29. The van der Waals surface area contributed by atoms with Crippen LogP contribution in [-0.2, 0) is 4.74 Å². The first-order valence-corrected chi connectivity index (χ1v) is 8.05. The summed E-state index contributed by atoms with van der Waals surface area (Å²) in [4.78, 5) is 6.78. The van der Waals surface area contributed by atoms with E-state index in [-0.39, 0.29) is 5.54 Å². The van der Waals surface area contributed by atoms with E-state index in [1.165, 1.54) is 0 Å². The molecule has 0 spiro atoms. The topological polar surface area (TPSA) is 81.3 Å². The second-order valence-corrected chi connectivity index (χ2v) is 6.12. The summed E-state index contributed by atoms with van der Waals surface area (Å²) in [5, 5.41) is 3.10. The Hall–Kier alpha value is -1.99. The van der Waals surface area contributed by atoms with Crippen molar-refractivity contribution in [1.82, 2.24) is 4.90 Å². The number of likely N-dealkylation sites (N-methyl/N-ethyl adjacent to an activating group) is 1. The summed E-state index contributed by atoms with van der Waals surface area (Å²) < 4.78 is 16.1. The first-order valence-electron chi connectivity index (χ1n) is 8.05. The molecule has 1 aromatic carbocycles. The number of hydrogen-bond acceptors (Lipinski definition) is 5. The van der Waals surface area contributed by atoms with E-state index in [0.29, 0.717) is 18.3 Å². The first-order chi connectivity index (χ1) is 11.5. The molecule has 1 heterocycles. The van der Waals surface area contributed by atoms with Crippen LogP contribution in [0.3, 0.4) is 0 Å². The van der Waals surface area contributed by atoms with E-state index in [2.05, 4.69) is 29.3 Å². The van der Waals surface area contributed by atoms with Gasteiger partial charge in [0.15, 0.2) is 5.96 Å². The Bertz CT molecular complexity index is 569. The molecule has 1 saturated heterocycles. The Morgan fingerprint density at radius 2 is 2.00 bits per heavy atom. The maximum absolute atomic E-state index is 6.09. The molecular weight excluding hydrogens is 308 g/mol. The lowest BCUT2D eigenvalue weighted by Crippen LogP contribution is -2.51. The standard InChI is InChI=1S/C17H28N4O3/c1-21(2)17(7-9-24-10-8-17)12-19-16(18)20-14-11-13(22-3)5-6-15(14)23-4/h5-6,11H,7-10,12H2,1-4H3,(H3,18,19,20). The average Bonchev–Trinajstić information content (AvgIpc) is 2.60. The lowest BCUT2D eigenvalue weighted by Gasteiger charge is -2.41. The molecular formula is C17H28N4O3. The van der Waals surface area contributed by atoms with Crippen LogP contribution in [0.5, 0.6) is 11.5 Å². The van der Waals surface area contributed by atoms with Gasteiger partial charge in [0.1, 0.15) is 11.5 Å². The Kier molecular flexibility index (Phi) is 6.28. The van der Waals surface area contributed by atoms with Crippen LogP contribution in [0.15, 0.2) is 23.2 Å². The van der Waals surface area contributed by atoms with Crippen LogP contribution in [-0.4, -0.2) is 64.5 Å². The number of methoxy groups -OCH3 is 2. The highest BCUT2D eigenvalue weighted by Gasteiger charge is 2.34. The molecule has 0 bridgehead atoms. The smallest absolute Gasteiger partial charge is 0.193 e. The molecule has 0 aliphatic carbocycles. The third-order valence-corrected chi connectivity index (χ3v) is 4.59. The van der Waals surface area contributed by atoms with Crippen molar-refractivity contribution >= 4 is 11.6 Å². The number of benzene rings is 1. The Labute approximate surface area is 143 Å². The molecule has 0 saturated carbocycles. The number of anilines is 1. The van der Waals surface area contributed by atoms with Crippen molar-refractivity contribution < 1.29 is 14.2 Å². The van der Waals surface area contributed by atoms with Gasteiger partial charge in [-0.05, 0) is 39.1 Å². The van der Waals surface area contributed by atoms with Crippen molar-refractivity contribution in [2.75, 3.05) is 53.4 Å². The average molecular weight is 336 g/mol. The summed E-state index contributed by atoms with van der Waals surface area (Å²) in [6.45, 7) is 2.13. The van der Waals surface area contributed by atoms with Crippen LogP contribution < -0.4 is 20.5 Å². The summed E-state index contributed by atoms with van der Waals surface area (Å²) in [5.41, 5.74) is 6.80. The second-order valence-electron chi connectivity index (χ2n) is 6.12. The number of guanidine groups is 1. The fraction of sp³-hybridized carbons (Fsp3) is 0.588. The van der Waals surface area contributed by atoms with E-state index in [1.807, 2.05) is 18.2 Å². The van der Waals surface area contributed by atoms with Gasteiger partial charge in [0, 0.05) is 24.8 Å². The third-order valence-electron chi connectivity index (χ3n) is 4.59. The lowest BCUT2D eigenvalue weighted by atomic mass is 9.89. The minimum atomic E-state index is -0.0109. The van der Waals surface area contributed by atoms with E-state index >= 15 is 0 Å². The quantitative estimate of drug-likeness (QED) is 0.606. The zero-order chi connectivity index (χ0) is 17.6. The van der Waals surface area contributed by atoms with Gasteiger partial charge in [0.2, 0.25) is 0 Å². The normalized spacial score (nSPS) is 17.6. The number of hydrogen-bond donors (Lipinski definition) is 2. The van der Waals surface area contributed by atoms with Gasteiger partial charge in [-0.2, -0.15) is 0 Å². The zero-order valence-corrected chi connectivity index (χ0v) is 15.0. The molecule has 134 valence electrons. The lowest BCUT2D eigenvalue weighted by molar-refractivity contribution is -0.00249. The Balaban J connectivity index is 2.11. The van der Waals surface area contributed by atoms with Gasteiger partial charge < -0.3 is 30.2 Å². The molecule has 3 N–H and O–H groups in total. The molecule has 7 nitrogen and oxygen atoms in total. The summed E-state index contributed by atoms with van der Waals surface area (Å²) in [6.07, 6.45) is 1.89. The van der Waals surface area contributed by atoms with Crippen molar-refractivity contribution in [2.45, 2.75) is 18.4 Å². The highest BCUT2D eigenvalue weighted by atomic mass is 16.5. The second kappa shape index (κ2) is 8.21. The van der Waals surface area contributed by atoms with Crippen LogP contribution in [0.1, 0.15) is 12.8 Å². The van der Waals surface area contributed by atoms with Gasteiger partial charge in [0.25, 0.3) is 0 Å². The summed E-state index contributed by atoms with van der Waals surface area (Å²) in [5.74, 6) is 1.76. The fourth-order valence-electron chi connectivity index (χ4n) is 2.82. The maximum atomic E-state index is 6.09. The molecule has 7 heteroatoms. The van der Waals surface area contributed by atoms with Crippen LogP contribution in [0.4, 0.5) is 5.69 Å². The zero-order valence-electron chi connectivity index (χ0n) is 15.0. The van der Waals surface area contributed by atoms with E-state index in [0.717, 1.165) is 37.5 Å². The molecule has 0 aromatic heterocycles. The predicted molar refractivity (Wildman–Crippen MR) is 96.1 cm³/mol. The molecule has 24 heavy (non-hydrogen) atoms. The van der Waals surface area contributed by atoms with Gasteiger partial charge in [-0.25, -0.2) is 0 Å².